The van der Waals surface area contributed by atoms with E-state index in [0.29, 0.717) is 0 Å². The number of esters is 1. The second-order valence-electron chi connectivity index (χ2n) is 1.72. The number of hydrogen-bond donors (Lipinski definition) is 0. The number of carbonyl (C=O) groups excluding carboxylic acids is 1. The van der Waals surface area contributed by atoms with Crippen molar-refractivity contribution in [3.63, 3.8) is 0 Å². The van der Waals surface area contributed by atoms with Crippen LogP contribution in [0.3, 0.4) is 0 Å². The van der Waals surface area contributed by atoms with Gasteiger partial charge in [-0.05, 0) is 0 Å². The van der Waals surface area contributed by atoms with Crippen molar-refractivity contribution in [3.05, 3.63) is 18.7 Å². The number of nitrogens with zero attached hydrogens (tertiary/aromatic N) is 3. The minimum atomic E-state index is -0.550. The van der Waals surface area contributed by atoms with Crippen LogP contribution < -0.4 is 0 Å². The van der Waals surface area contributed by atoms with Gasteiger partial charge < -0.3 is 4.74 Å². The molecule has 0 amide bonds. The van der Waals surface area contributed by atoms with Gasteiger partial charge in [0.05, 0.1) is 7.11 Å². The lowest BCUT2D eigenvalue weighted by Gasteiger charge is -1.89. The van der Waals surface area contributed by atoms with Crippen molar-refractivity contribution >= 4 is 12.2 Å². The van der Waals surface area contributed by atoms with Gasteiger partial charge in [-0.1, -0.05) is 6.58 Å². The van der Waals surface area contributed by atoms with Crippen molar-refractivity contribution in [1.82, 2.24) is 14.8 Å². The van der Waals surface area contributed by atoms with E-state index in [1.807, 2.05) is 0 Å². The summed E-state index contributed by atoms with van der Waals surface area (Å²) >= 11 is 0. The van der Waals surface area contributed by atoms with Crippen LogP contribution in [-0.2, 0) is 4.74 Å². The molecule has 0 fully saturated rings. The first-order valence-corrected chi connectivity index (χ1v) is 2.90. The largest absolute Gasteiger partial charge is 0.463 e. The number of rotatable bonds is 2. The van der Waals surface area contributed by atoms with Gasteiger partial charge in [-0.15, -0.1) is 5.10 Å². The summed E-state index contributed by atoms with van der Waals surface area (Å²) < 4.78 is 5.71. The predicted molar refractivity (Wildman–Crippen MR) is 37.7 cm³/mol. The standard InChI is InChI=1S/C6H7N3O2/c1-3-9-4-7-5(8-9)6(10)11-2/h3-4H,1H2,2H3. The first kappa shape index (κ1) is 7.46. The summed E-state index contributed by atoms with van der Waals surface area (Å²) in [5, 5.41) is 3.71. The average molecular weight is 153 g/mol. The predicted octanol–water partition coefficient (Wildman–Crippen LogP) is 0.165. The monoisotopic (exact) mass is 153 g/mol. The van der Waals surface area contributed by atoms with Gasteiger partial charge in [-0.2, -0.15) is 0 Å². The van der Waals surface area contributed by atoms with Crippen LogP contribution in [0.5, 0.6) is 0 Å². The third-order valence-electron chi connectivity index (χ3n) is 1.06. The van der Waals surface area contributed by atoms with Crippen molar-refractivity contribution in [1.29, 1.82) is 0 Å². The zero-order chi connectivity index (χ0) is 8.27. The molecule has 1 heterocycles. The molecule has 0 aliphatic carbocycles. The van der Waals surface area contributed by atoms with Crippen LogP contribution in [-0.4, -0.2) is 27.8 Å². The number of methoxy groups -OCH3 is 1. The topological polar surface area (TPSA) is 57.0 Å². The minimum Gasteiger partial charge on any atom is -0.463 e. The molecule has 11 heavy (non-hydrogen) atoms. The van der Waals surface area contributed by atoms with Crippen LogP contribution in [0.15, 0.2) is 12.9 Å². The highest BCUT2D eigenvalue weighted by molar-refractivity contribution is 5.84. The highest BCUT2D eigenvalue weighted by Crippen LogP contribution is 1.91. The first-order valence-electron chi connectivity index (χ1n) is 2.90. The molecule has 0 N–H and O–H groups in total. The Bertz CT molecular complexity index is 279. The molecule has 0 unspecified atom stereocenters. The normalized spacial score (nSPS) is 9.18. The second kappa shape index (κ2) is 2.96. The molecule has 0 saturated carbocycles. The molecule has 0 spiro atoms. The highest BCUT2D eigenvalue weighted by Gasteiger charge is 2.09. The number of carbonyl (C=O) groups is 1. The third kappa shape index (κ3) is 1.43. The molecule has 0 radical (unpaired) electrons. The van der Waals surface area contributed by atoms with Gasteiger partial charge in [0.25, 0.3) is 5.82 Å². The van der Waals surface area contributed by atoms with Gasteiger partial charge >= 0.3 is 5.97 Å². The Morgan fingerprint density at radius 1 is 1.91 bits per heavy atom. The zero-order valence-electron chi connectivity index (χ0n) is 6.02. The molecule has 0 aromatic carbocycles. The van der Waals surface area contributed by atoms with Crippen LogP contribution in [0.25, 0.3) is 6.20 Å². The Labute approximate surface area is 63.3 Å². The lowest BCUT2D eigenvalue weighted by Crippen LogP contribution is -2.04. The molecular formula is C6H7N3O2. The molecule has 0 aliphatic heterocycles. The van der Waals surface area contributed by atoms with E-state index in [4.69, 9.17) is 0 Å². The lowest BCUT2D eigenvalue weighted by atomic mass is 10.6. The summed E-state index contributed by atoms with van der Waals surface area (Å²) in [5.41, 5.74) is 0. The summed E-state index contributed by atoms with van der Waals surface area (Å²) in [6.45, 7) is 3.44. The first-order chi connectivity index (χ1) is 5.27. The fraction of sp³-hybridized carbons (Fsp3) is 0.167. The van der Waals surface area contributed by atoms with Crippen LogP contribution in [0.2, 0.25) is 0 Å². The summed E-state index contributed by atoms with van der Waals surface area (Å²) in [6.07, 6.45) is 2.80. The van der Waals surface area contributed by atoms with Gasteiger partial charge in [-0.25, -0.2) is 14.5 Å². The van der Waals surface area contributed by atoms with Crippen molar-refractivity contribution < 1.29 is 9.53 Å². The Balaban J connectivity index is 2.88. The Morgan fingerprint density at radius 3 is 3.09 bits per heavy atom. The smallest absolute Gasteiger partial charge is 0.377 e. The Kier molecular flexibility index (Phi) is 2.00. The van der Waals surface area contributed by atoms with E-state index in [1.165, 1.54) is 24.3 Å². The van der Waals surface area contributed by atoms with Gasteiger partial charge in [0.2, 0.25) is 0 Å². The molecular weight excluding hydrogens is 146 g/mol. The van der Waals surface area contributed by atoms with E-state index in [1.54, 1.807) is 0 Å². The molecule has 0 atom stereocenters. The van der Waals surface area contributed by atoms with E-state index in [0.717, 1.165) is 0 Å². The SMILES string of the molecule is C=Cn1cnc(C(=O)OC)n1. The van der Waals surface area contributed by atoms with Crippen LogP contribution >= 0.6 is 0 Å². The summed E-state index contributed by atoms with van der Waals surface area (Å²) in [7, 11) is 1.27. The molecule has 0 saturated heterocycles. The molecule has 0 aliphatic rings. The van der Waals surface area contributed by atoms with Crippen LogP contribution in [0.4, 0.5) is 0 Å². The molecule has 5 heteroatoms. The molecule has 0 bridgehead atoms. The van der Waals surface area contributed by atoms with Crippen molar-refractivity contribution in [3.8, 4) is 0 Å². The number of hydrogen-bond acceptors (Lipinski definition) is 4. The van der Waals surface area contributed by atoms with Crippen LogP contribution in [0.1, 0.15) is 10.6 Å². The summed E-state index contributed by atoms with van der Waals surface area (Å²) in [4.78, 5) is 14.4. The maximum atomic E-state index is 10.7. The summed E-state index contributed by atoms with van der Waals surface area (Å²) in [6, 6.07) is 0. The van der Waals surface area contributed by atoms with Crippen molar-refractivity contribution in [2.24, 2.45) is 0 Å². The Morgan fingerprint density at radius 2 is 2.64 bits per heavy atom. The minimum absolute atomic E-state index is 0.0346. The molecule has 1 aromatic heterocycles. The number of aromatic nitrogens is 3. The lowest BCUT2D eigenvalue weighted by molar-refractivity contribution is 0.0587. The van der Waals surface area contributed by atoms with Gasteiger partial charge in [0.15, 0.2) is 0 Å². The van der Waals surface area contributed by atoms with E-state index < -0.39 is 5.97 Å². The van der Waals surface area contributed by atoms with E-state index in [2.05, 4.69) is 21.4 Å². The second-order valence-corrected chi connectivity index (χ2v) is 1.72. The van der Waals surface area contributed by atoms with E-state index in [-0.39, 0.29) is 5.82 Å². The zero-order valence-corrected chi connectivity index (χ0v) is 6.02. The average Bonchev–Trinajstić information content (AvgIpc) is 2.50. The maximum absolute atomic E-state index is 10.7. The highest BCUT2D eigenvalue weighted by atomic mass is 16.5. The molecule has 1 aromatic rings. The number of ether oxygens (including phenoxy) is 1. The fourth-order valence-electron chi connectivity index (χ4n) is 0.548. The van der Waals surface area contributed by atoms with Crippen LogP contribution in [0, 0.1) is 0 Å². The van der Waals surface area contributed by atoms with Gasteiger partial charge in [0, 0.05) is 6.20 Å². The summed E-state index contributed by atoms with van der Waals surface area (Å²) in [5.74, 6) is -0.516. The van der Waals surface area contributed by atoms with Crippen molar-refractivity contribution in [2.45, 2.75) is 0 Å². The van der Waals surface area contributed by atoms with Crippen molar-refractivity contribution in [2.75, 3.05) is 7.11 Å². The van der Waals surface area contributed by atoms with E-state index in [9.17, 15) is 4.79 Å². The maximum Gasteiger partial charge on any atom is 0.377 e. The van der Waals surface area contributed by atoms with E-state index >= 15 is 0 Å². The van der Waals surface area contributed by atoms with Gasteiger partial charge in [0.1, 0.15) is 6.33 Å². The molecule has 58 valence electrons. The van der Waals surface area contributed by atoms with Gasteiger partial charge in [-0.3, -0.25) is 0 Å². The fourth-order valence-corrected chi connectivity index (χ4v) is 0.548. The Hall–Kier alpha value is -1.65. The third-order valence-corrected chi connectivity index (χ3v) is 1.06. The molecule has 1 rings (SSSR count). The molecule has 5 nitrogen and oxygen atoms in total. The quantitative estimate of drug-likeness (QED) is 0.568.